The van der Waals surface area contributed by atoms with E-state index < -0.39 is 0 Å². The predicted octanol–water partition coefficient (Wildman–Crippen LogP) is 1.72. The lowest BCUT2D eigenvalue weighted by molar-refractivity contribution is 0.270. The molecule has 19 heavy (non-hydrogen) atoms. The van der Waals surface area contributed by atoms with E-state index in [1.165, 1.54) is 6.42 Å². The van der Waals surface area contributed by atoms with E-state index in [-0.39, 0.29) is 0 Å². The first-order chi connectivity index (χ1) is 9.33. The van der Waals surface area contributed by atoms with Crippen LogP contribution in [0, 0.1) is 0 Å². The van der Waals surface area contributed by atoms with E-state index >= 15 is 0 Å². The average Bonchev–Trinajstić information content (AvgIpc) is 2.48. The third kappa shape index (κ3) is 4.18. The van der Waals surface area contributed by atoms with Gasteiger partial charge >= 0.3 is 0 Å². The second kappa shape index (κ2) is 7.46. The highest BCUT2D eigenvalue weighted by atomic mass is 15.3. The normalized spacial score (nSPS) is 16.8. The zero-order valence-electron chi connectivity index (χ0n) is 12.2. The molecule has 4 nitrogen and oxygen atoms in total. The second-order valence-corrected chi connectivity index (χ2v) is 5.09. The Bertz CT molecular complexity index is 372. The van der Waals surface area contributed by atoms with Crippen molar-refractivity contribution in [3.63, 3.8) is 0 Å². The molecule has 0 aliphatic carbocycles. The molecule has 2 heterocycles. The Labute approximate surface area is 116 Å². The van der Waals surface area contributed by atoms with Gasteiger partial charge in [-0.15, -0.1) is 0 Å². The molecule has 0 saturated carbocycles. The van der Waals surface area contributed by atoms with Gasteiger partial charge in [0.15, 0.2) is 0 Å². The van der Waals surface area contributed by atoms with Gasteiger partial charge in [0.2, 0.25) is 0 Å². The molecule has 0 bridgehead atoms. The largest absolute Gasteiger partial charge is 0.354 e. The third-order valence-electron chi connectivity index (χ3n) is 3.67. The average molecular weight is 262 g/mol. The van der Waals surface area contributed by atoms with Gasteiger partial charge in [-0.05, 0) is 31.6 Å². The zero-order valence-corrected chi connectivity index (χ0v) is 12.2. The monoisotopic (exact) mass is 262 g/mol. The molecule has 0 spiro atoms. The summed E-state index contributed by atoms with van der Waals surface area (Å²) in [6.45, 7) is 12.0. The number of likely N-dealkylation sites (N-methyl/N-ethyl adjacent to an activating group) is 1. The summed E-state index contributed by atoms with van der Waals surface area (Å²) in [5.74, 6) is 1.13. The lowest BCUT2D eigenvalue weighted by Crippen LogP contribution is -2.46. The van der Waals surface area contributed by atoms with Gasteiger partial charge in [0, 0.05) is 32.7 Å². The van der Waals surface area contributed by atoms with E-state index in [2.05, 4.69) is 47.2 Å². The van der Waals surface area contributed by atoms with Crippen molar-refractivity contribution in [3.8, 4) is 0 Å². The molecule has 1 N–H and O–H groups in total. The summed E-state index contributed by atoms with van der Waals surface area (Å²) < 4.78 is 0. The summed E-state index contributed by atoms with van der Waals surface area (Å²) in [6.07, 6.45) is 1.17. The topological polar surface area (TPSA) is 31.4 Å². The molecular formula is C15H26N4. The van der Waals surface area contributed by atoms with E-state index in [9.17, 15) is 0 Å². The van der Waals surface area contributed by atoms with Gasteiger partial charge in [0.05, 0.1) is 5.69 Å². The van der Waals surface area contributed by atoms with Crippen molar-refractivity contribution >= 4 is 5.82 Å². The van der Waals surface area contributed by atoms with Crippen LogP contribution in [-0.4, -0.2) is 49.2 Å². The summed E-state index contributed by atoms with van der Waals surface area (Å²) in [7, 11) is 0. The molecule has 1 aliphatic rings. The molecule has 1 aromatic rings. The van der Waals surface area contributed by atoms with Crippen LogP contribution in [0.1, 0.15) is 26.0 Å². The molecule has 1 aromatic heterocycles. The summed E-state index contributed by atoms with van der Waals surface area (Å²) >= 11 is 0. The lowest BCUT2D eigenvalue weighted by Gasteiger charge is -2.34. The summed E-state index contributed by atoms with van der Waals surface area (Å²) in [4.78, 5) is 9.65. The predicted molar refractivity (Wildman–Crippen MR) is 80.6 cm³/mol. The number of nitrogens with one attached hydrogen (secondary N) is 1. The van der Waals surface area contributed by atoms with Gasteiger partial charge in [-0.1, -0.05) is 19.9 Å². The smallest absolute Gasteiger partial charge is 0.128 e. The number of anilines is 1. The number of hydrogen-bond acceptors (Lipinski definition) is 4. The van der Waals surface area contributed by atoms with Crippen molar-refractivity contribution in [3.05, 3.63) is 23.9 Å². The van der Waals surface area contributed by atoms with Crippen LogP contribution in [0.2, 0.25) is 0 Å². The molecule has 4 heteroatoms. The number of nitrogens with zero attached hydrogens (tertiary/aromatic N) is 3. The molecule has 1 fully saturated rings. The number of aromatic nitrogens is 1. The van der Waals surface area contributed by atoms with E-state index in [0.717, 1.165) is 57.3 Å². The Morgan fingerprint density at radius 3 is 2.63 bits per heavy atom. The maximum Gasteiger partial charge on any atom is 0.128 e. The van der Waals surface area contributed by atoms with Gasteiger partial charge in [0.1, 0.15) is 5.82 Å². The molecule has 0 amide bonds. The van der Waals surface area contributed by atoms with Crippen LogP contribution in [0.25, 0.3) is 0 Å². The van der Waals surface area contributed by atoms with Gasteiger partial charge in [-0.3, -0.25) is 0 Å². The van der Waals surface area contributed by atoms with Crippen molar-refractivity contribution in [2.24, 2.45) is 0 Å². The first-order valence-electron chi connectivity index (χ1n) is 7.47. The summed E-state index contributed by atoms with van der Waals surface area (Å²) in [6, 6.07) is 6.36. The number of hydrogen-bond donors (Lipinski definition) is 1. The van der Waals surface area contributed by atoms with Crippen LogP contribution < -0.4 is 10.2 Å². The van der Waals surface area contributed by atoms with Crippen molar-refractivity contribution in [1.29, 1.82) is 0 Å². The van der Waals surface area contributed by atoms with Crippen molar-refractivity contribution < 1.29 is 0 Å². The first kappa shape index (κ1) is 14.3. The first-order valence-corrected chi connectivity index (χ1v) is 7.47. The Morgan fingerprint density at radius 2 is 1.95 bits per heavy atom. The molecule has 0 radical (unpaired) electrons. The van der Waals surface area contributed by atoms with E-state index in [1.807, 2.05) is 0 Å². The fourth-order valence-electron chi connectivity index (χ4n) is 2.43. The minimum atomic E-state index is 0.872. The van der Waals surface area contributed by atoms with Gasteiger partial charge in [-0.25, -0.2) is 4.98 Å². The van der Waals surface area contributed by atoms with Crippen LogP contribution in [-0.2, 0) is 6.54 Å². The molecule has 2 rings (SSSR count). The number of rotatable bonds is 6. The minimum Gasteiger partial charge on any atom is -0.354 e. The Kier molecular flexibility index (Phi) is 5.61. The highest BCUT2D eigenvalue weighted by Crippen LogP contribution is 2.14. The summed E-state index contributed by atoms with van der Waals surface area (Å²) in [5.41, 5.74) is 1.14. The lowest BCUT2D eigenvalue weighted by atomic mass is 10.3. The molecule has 0 atom stereocenters. The maximum absolute atomic E-state index is 4.76. The molecular weight excluding hydrogens is 236 g/mol. The van der Waals surface area contributed by atoms with Crippen LogP contribution in [0.5, 0.6) is 0 Å². The number of piperazine rings is 1. The zero-order chi connectivity index (χ0) is 13.5. The second-order valence-electron chi connectivity index (χ2n) is 5.09. The molecule has 0 unspecified atom stereocenters. The molecule has 0 aromatic carbocycles. The van der Waals surface area contributed by atoms with E-state index in [4.69, 9.17) is 4.98 Å². The fraction of sp³-hybridized carbons (Fsp3) is 0.667. The molecule has 106 valence electrons. The minimum absolute atomic E-state index is 0.872. The van der Waals surface area contributed by atoms with Crippen molar-refractivity contribution in [1.82, 2.24) is 15.2 Å². The van der Waals surface area contributed by atoms with E-state index in [0.29, 0.717) is 0 Å². The Balaban J connectivity index is 1.91. The van der Waals surface area contributed by atoms with E-state index in [1.54, 1.807) is 0 Å². The maximum atomic E-state index is 4.76. The molecule has 1 aliphatic heterocycles. The van der Waals surface area contributed by atoms with Crippen LogP contribution in [0.15, 0.2) is 18.2 Å². The van der Waals surface area contributed by atoms with Crippen molar-refractivity contribution in [2.75, 3.05) is 44.2 Å². The molecule has 1 saturated heterocycles. The van der Waals surface area contributed by atoms with Gasteiger partial charge in [-0.2, -0.15) is 0 Å². The Morgan fingerprint density at radius 1 is 1.16 bits per heavy atom. The summed E-state index contributed by atoms with van der Waals surface area (Å²) in [5, 5.41) is 3.41. The van der Waals surface area contributed by atoms with Crippen LogP contribution in [0.4, 0.5) is 5.82 Å². The standard InChI is InChI=1S/C15H26N4/c1-3-8-16-13-14-6-5-7-15(17-14)19-11-9-18(4-2)10-12-19/h5-7,16H,3-4,8-13H2,1-2H3. The highest BCUT2D eigenvalue weighted by molar-refractivity contribution is 5.39. The van der Waals surface area contributed by atoms with Crippen LogP contribution >= 0.6 is 0 Å². The number of pyridine rings is 1. The quantitative estimate of drug-likeness (QED) is 0.791. The highest BCUT2D eigenvalue weighted by Gasteiger charge is 2.16. The SMILES string of the molecule is CCCNCc1cccc(N2CCN(CC)CC2)n1. The van der Waals surface area contributed by atoms with Gasteiger partial charge < -0.3 is 15.1 Å². The third-order valence-corrected chi connectivity index (χ3v) is 3.67. The van der Waals surface area contributed by atoms with Crippen LogP contribution in [0.3, 0.4) is 0 Å². The van der Waals surface area contributed by atoms with Gasteiger partial charge in [0.25, 0.3) is 0 Å². The fourth-order valence-corrected chi connectivity index (χ4v) is 2.43. The van der Waals surface area contributed by atoms with Crippen molar-refractivity contribution in [2.45, 2.75) is 26.8 Å². The Hall–Kier alpha value is -1.13.